The van der Waals surface area contributed by atoms with Gasteiger partial charge in [0.2, 0.25) is 5.28 Å². The second-order valence-corrected chi connectivity index (χ2v) is 6.05. The molecule has 5 nitrogen and oxygen atoms in total. The Morgan fingerprint density at radius 3 is 2.61 bits per heavy atom. The zero-order valence-electron chi connectivity index (χ0n) is 13.2. The van der Waals surface area contributed by atoms with Crippen molar-refractivity contribution in [3.8, 4) is 5.75 Å². The van der Waals surface area contributed by atoms with Crippen LogP contribution >= 0.6 is 11.6 Å². The lowest BCUT2D eigenvalue weighted by molar-refractivity contribution is -0.143. The summed E-state index contributed by atoms with van der Waals surface area (Å²) in [5.41, 5.74) is 2.00. The summed E-state index contributed by atoms with van der Waals surface area (Å²) in [4.78, 5) is 20.6. The second kappa shape index (κ2) is 5.81. The summed E-state index contributed by atoms with van der Waals surface area (Å²) >= 11 is 5.75. The Balaban J connectivity index is 2.09. The summed E-state index contributed by atoms with van der Waals surface area (Å²) in [6.07, 6.45) is 3.95. The predicted molar refractivity (Wildman–Crippen MR) is 85.8 cm³/mol. The molecule has 0 aliphatic heterocycles. The van der Waals surface area contributed by atoms with Gasteiger partial charge in [0.15, 0.2) is 0 Å². The lowest BCUT2D eigenvalue weighted by Gasteiger charge is -2.19. The Labute approximate surface area is 139 Å². The summed E-state index contributed by atoms with van der Waals surface area (Å²) in [5, 5.41) is 0.186. The van der Waals surface area contributed by atoms with E-state index in [0.29, 0.717) is 12.2 Å². The van der Waals surface area contributed by atoms with Crippen molar-refractivity contribution < 1.29 is 14.3 Å². The van der Waals surface area contributed by atoms with Crippen LogP contribution in [0.5, 0.6) is 5.75 Å². The first-order chi connectivity index (χ1) is 11.0. The van der Waals surface area contributed by atoms with Crippen molar-refractivity contribution in [2.45, 2.75) is 24.7 Å². The maximum Gasteiger partial charge on any atom is 0.317 e. The molecule has 0 spiro atoms. The Hall–Kier alpha value is -2.14. The monoisotopic (exact) mass is 332 g/mol. The third kappa shape index (κ3) is 2.55. The molecule has 0 amide bonds. The molecule has 0 N–H and O–H groups in total. The number of nitrogens with zero attached hydrogens (tertiary/aromatic N) is 2. The number of ether oxygens (including phenoxy) is 2. The maximum atomic E-state index is 12.6. The smallest absolute Gasteiger partial charge is 0.317 e. The molecule has 0 saturated heterocycles. The molecule has 1 saturated carbocycles. The van der Waals surface area contributed by atoms with Crippen LogP contribution in [-0.4, -0.2) is 30.2 Å². The van der Waals surface area contributed by atoms with Gasteiger partial charge in [0, 0.05) is 23.9 Å². The van der Waals surface area contributed by atoms with Gasteiger partial charge in [-0.05, 0) is 36.6 Å². The minimum atomic E-state index is -0.761. The second-order valence-electron chi connectivity index (χ2n) is 5.71. The van der Waals surface area contributed by atoms with Crippen molar-refractivity contribution in [1.82, 2.24) is 9.97 Å². The number of carbonyl (C=O) groups excluding carboxylic acids is 1. The van der Waals surface area contributed by atoms with Gasteiger partial charge in [-0.1, -0.05) is 17.7 Å². The van der Waals surface area contributed by atoms with Crippen molar-refractivity contribution in [3.05, 3.63) is 52.6 Å². The van der Waals surface area contributed by atoms with Crippen LogP contribution in [0.15, 0.2) is 30.6 Å². The first kappa shape index (κ1) is 15.7. The third-order valence-electron chi connectivity index (χ3n) is 4.39. The van der Waals surface area contributed by atoms with E-state index in [4.69, 9.17) is 21.1 Å². The molecule has 1 aromatic carbocycles. The molecule has 0 radical (unpaired) electrons. The highest BCUT2D eigenvalue weighted by Crippen LogP contribution is 2.62. The maximum absolute atomic E-state index is 12.6. The zero-order chi connectivity index (χ0) is 16.6. The fourth-order valence-electron chi connectivity index (χ4n) is 3.15. The number of esters is 1. The largest absolute Gasteiger partial charge is 0.496 e. The van der Waals surface area contributed by atoms with Gasteiger partial charge in [-0.15, -0.1) is 0 Å². The fourth-order valence-corrected chi connectivity index (χ4v) is 3.25. The zero-order valence-corrected chi connectivity index (χ0v) is 13.9. The number of hydrogen-bond donors (Lipinski definition) is 0. The molecular weight excluding hydrogens is 316 g/mol. The standard InChI is InChI=1S/C17H17ClN2O3/c1-10-4-5-14(22-2)12(6-10)17(15(21)23-3)7-13(17)11-8-19-16(18)20-9-11/h4-6,8-9,13H,7H2,1-3H3. The number of rotatable bonds is 4. The highest BCUT2D eigenvalue weighted by molar-refractivity contribution is 6.28. The molecule has 1 fully saturated rings. The molecule has 6 heteroatoms. The summed E-state index contributed by atoms with van der Waals surface area (Å²) in [5.74, 6) is 0.350. The van der Waals surface area contributed by atoms with Crippen LogP contribution < -0.4 is 4.74 Å². The number of halogens is 1. The number of benzene rings is 1. The van der Waals surface area contributed by atoms with E-state index in [1.807, 2.05) is 25.1 Å². The van der Waals surface area contributed by atoms with Gasteiger partial charge in [-0.3, -0.25) is 4.79 Å². The summed E-state index contributed by atoms with van der Waals surface area (Å²) in [6.45, 7) is 1.98. The molecule has 2 unspecified atom stereocenters. The molecule has 1 aromatic heterocycles. The van der Waals surface area contributed by atoms with Crippen LogP contribution in [0.1, 0.15) is 29.0 Å². The number of aromatic nitrogens is 2. The highest BCUT2D eigenvalue weighted by atomic mass is 35.5. The average Bonchev–Trinajstić information content (AvgIpc) is 3.31. The van der Waals surface area contributed by atoms with Crippen molar-refractivity contribution >= 4 is 17.6 Å². The number of hydrogen-bond acceptors (Lipinski definition) is 5. The molecular formula is C17H17ClN2O3. The first-order valence-corrected chi connectivity index (χ1v) is 7.61. The van der Waals surface area contributed by atoms with Gasteiger partial charge >= 0.3 is 5.97 Å². The van der Waals surface area contributed by atoms with Gasteiger partial charge in [-0.2, -0.15) is 0 Å². The lowest BCUT2D eigenvalue weighted by atomic mass is 9.89. The van der Waals surface area contributed by atoms with Crippen LogP contribution in [0, 0.1) is 6.92 Å². The van der Waals surface area contributed by atoms with Gasteiger partial charge in [-0.25, -0.2) is 9.97 Å². The molecule has 2 atom stereocenters. The van der Waals surface area contributed by atoms with Gasteiger partial charge < -0.3 is 9.47 Å². The summed E-state index contributed by atoms with van der Waals surface area (Å²) in [7, 11) is 3.00. The summed E-state index contributed by atoms with van der Waals surface area (Å²) in [6, 6.07) is 5.81. The van der Waals surface area contributed by atoms with Crippen molar-refractivity contribution in [1.29, 1.82) is 0 Å². The van der Waals surface area contributed by atoms with Crippen LogP contribution in [-0.2, 0) is 14.9 Å². The van der Waals surface area contributed by atoms with Gasteiger partial charge in [0.25, 0.3) is 0 Å². The summed E-state index contributed by atoms with van der Waals surface area (Å²) < 4.78 is 10.5. The van der Waals surface area contributed by atoms with Gasteiger partial charge in [0.05, 0.1) is 14.2 Å². The van der Waals surface area contributed by atoms with E-state index in [-0.39, 0.29) is 17.2 Å². The van der Waals surface area contributed by atoms with E-state index in [0.717, 1.165) is 16.7 Å². The molecule has 3 rings (SSSR count). The van der Waals surface area contributed by atoms with E-state index in [1.165, 1.54) is 7.11 Å². The van der Waals surface area contributed by atoms with E-state index in [1.54, 1.807) is 19.5 Å². The Morgan fingerprint density at radius 2 is 2.00 bits per heavy atom. The van der Waals surface area contributed by atoms with Crippen LogP contribution in [0.4, 0.5) is 0 Å². The lowest BCUT2D eigenvalue weighted by Crippen LogP contribution is -2.25. The van der Waals surface area contributed by atoms with Crippen molar-refractivity contribution in [2.24, 2.45) is 0 Å². The number of methoxy groups -OCH3 is 2. The van der Waals surface area contributed by atoms with E-state index in [2.05, 4.69) is 9.97 Å². The molecule has 120 valence electrons. The molecule has 1 aliphatic rings. The Kier molecular flexibility index (Phi) is 3.98. The van der Waals surface area contributed by atoms with Crippen LogP contribution in [0.3, 0.4) is 0 Å². The van der Waals surface area contributed by atoms with Gasteiger partial charge in [0.1, 0.15) is 11.2 Å². The number of carbonyl (C=O) groups is 1. The molecule has 0 bridgehead atoms. The fraction of sp³-hybridized carbons (Fsp3) is 0.353. The Bertz CT molecular complexity index is 748. The van der Waals surface area contributed by atoms with E-state index < -0.39 is 5.41 Å². The van der Waals surface area contributed by atoms with E-state index in [9.17, 15) is 4.79 Å². The van der Waals surface area contributed by atoms with Crippen LogP contribution in [0.25, 0.3) is 0 Å². The van der Waals surface area contributed by atoms with Crippen molar-refractivity contribution in [3.63, 3.8) is 0 Å². The topological polar surface area (TPSA) is 61.3 Å². The molecule has 23 heavy (non-hydrogen) atoms. The highest BCUT2D eigenvalue weighted by Gasteiger charge is 2.64. The first-order valence-electron chi connectivity index (χ1n) is 7.24. The normalized spacial score (nSPS) is 22.5. The third-order valence-corrected chi connectivity index (χ3v) is 4.58. The minimum absolute atomic E-state index is 0.0529. The average molecular weight is 333 g/mol. The van der Waals surface area contributed by atoms with Crippen molar-refractivity contribution in [2.75, 3.05) is 14.2 Å². The molecule has 1 heterocycles. The SMILES string of the molecule is COC(=O)C1(c2cc(C)ccc2OC)CC1c1cnc(Cl)nc1. The molecule has 2 aromatic rings. The Morgan fingerprint density at radius 1 is 1.30 bits per heavy atom. The van der Waals surface area contributed by atoms with Crippen LogP contribution in [0.2, 0.25) is 5.28 Å². The molecule has 1 aliphatic carbocycles. The number of aryl methyl sites for hydroxylation is 1. The quantitative estimate of drug-likeness (QED) is 0.636. The minimum Gasteiger partial charge on any atom is -0.496 e. The predicted octanol–water partition coefficient (Wildman–Crippen LogP) is 3.05. The van der Waals surface area contributed by atoms with E-state index >= 15 is 0 Å².